The van der Waals surface area contributed by atoms with Crippen LogP contribution in [0.25, 0.3) is 0 Å². The number of nitro benzene ring substituents is 1. The molecule has 17 heavy (non-hydrogen) atoms. The summed E-state index contributed by atoms with van der Waals surface area (Å²) in [5, 5.41) is 21.2. The van der Waals surface area contributed by atoms with E-state index in [1.807, 2.05) is 0 Å². The first kappa shape index (κ1) is 12.8. The number of benzene rings is 1. The molecular weight excluding hydrogens is 228 g/mol. The molecule has 1 aromatic carbocycles. The standard InChI is InChI=1S/C10H12N2O5/c1-17-9-3-2-8(12(15)16)6-7(9)4-5-11-10(13)14/h2-3,6,11H,4-5H2,1H3,(H,13,14). The molecule has 0 aromatic heterocycles. The zero-order valence-electron chi connectivity index (χ0n) is 9.17. The molecule has 0 aliphatic rings. The number of non-ortho nitro benzene ring substituents is 1. The summed E-state index contributed by atoms with van der Waals surface area (Å²) < 4.78 is 5.04. The molecule has 0 aliphatic carbocycles. The lowest BCUT2D eigenvalue weighted by atomic mass is 10.1. The molecule has 0 heterocycles. The van der Waals surface area contributed by atoms with Crippen molar-refractivity contribution in [2.45, 2.75) is 6.42 Å². The van der Waals surface area contributed by atoms with Crippen molar-refractivity contribution in [1.29, 1.82) is 0 Å². The number of nitrogens with one attached hydrogen (secondary N) is 1. The molecule has 0 radical (unpaired) electrons. The van der Waals surface area contributed by atoms with E-state index in [-0.39, 0.29) is 12.2 Å². The van der Waals surface area contributed by atoms with Crippen molar-refractivity contribution in [3.05, 3.63) is 33.9 Å². The number of amides is 1. The minimum atomic E-state index is -1.13. The number of carbonyl (C=O) groups is 1. The van der Waals surface area contributed by atoms with E-state index < -0.39 is 11.0 Å². The highest BCUT2D eigenvalue weighted by atomic mass is 16.6. The third kappa shape index (κ3) is 3.63. The Labute approximate surface area is 97.2 Å². The molecule has 1 aromatic rings. The number of carboxylic acid groups (broad SMARTS) is 1. The van der Waals surface area contributed by atoms with Crippen molar-refractivity contribution in [2.24, 2.45) is 0 Å². The normalized spacial score (nSPS) is 9.71. The molecule has 92 valence electrons. The lowest BCUT2D eigenvalue weighted by Gasteiger charge is -2.07. The van der Waals surface area contributed by atoms with Gasteiger partial charge in [0.15, 0.2) is 0 Å². The van der Waals surface area contributed by atoms with Gasteiger partial charge < -0.3 is 15.2 Å². The van der Waals surface area contributed by atoms with Gasteiger partial charge in [-0.2, -0.15) is 0 Å². The van der Waals surface area contributed by atoms with Gasteiger partial charge in [0.2, 0.25) is 0 Å². The molecule has 0 saturated heterocycles. The van der Waals surface area contributed by atoms with Gasteiger partial charge in [-0.05, 0) is 12.5 Å². The second-order valence-electron chi connectivity index (χ2n) is 3.24. The topological polar surface area (TPSA) is 102 Å². The molecule has 1 amide bonds. The van der Waals surface area contributed by atoms with Crippen LogP contribution in [0.15, 0.2) is 18.2 Å². The van der Waals surface area contributed by atoms with Gasteiger partial charge >= 0.3 is 6.09 Å². The summed E-state index contributed by atoms with van der Waals surface area (Å²) in [6.07, 6.45) is -0.800. The number of ether oxygens (including phenoxy) is 1. The van der Waals surface area contributed by atoms with Crippen LogP contribution in [0.2, 0.25) is 0 Å². The molecule has 0 bridgehead atoms. The minimum absolute atomic E-state index is 0.0453. The van der Waals surface area contributed by atoms with Gasteiger partial charge in [-0.25, -0.2) is 4.79 Å². The third-order valence-electron chi connectivity index (χ3n) is 2.15. The van der Waals surface area contributed by atoms with Crippen LogP contribution in [0.1, 0.15) is 5.56 Å². The average molecular weight is 240 g/mol. The van der Waals surface area contributed by atoms with Crippen LogP contribution in [-0.4, -0.2) is 29.8 Å². The van der Waals surface area contributed by atoms with Crippen molar-refractivity contribution in [3.8, 4) is 5.75 Å². The fourth-order valence-corrected chi connectivity index (χ4v) is 1.38. The summed E-state index contributed by atoms with van der Waals surface area (Å²) in [6, 6.07) is 4.21. The SMILES string of the molecule is COc1ccc([N+](=O)[O-])cc1CCNC(=O)O. The molecule has 0 saturated carbocycles. The molecule has 0 unspecified atom stereocenters. The molecule has 7 heteroatoms. The first-order valence-electron chi connectivity index (χ1n) is 4.82. The van der Waals surface area contributed by atoms with Gasteiger partial charge in [-0.3, -0.25) is 10.1 Å². The lowest BCUT2D eigenvalue weighted by Crippen LogP contribution is -2.23. The van der Waals surface area contributed by atoms with E-state index in [1.165, 1.54) is 25.3 Å². The van der Waals surface area contributed by atoms with E-state index >= 15 is 0 Å². The average Bonchev–Trinajstić information content (AvgIpc) is 2.28. The number of methoxy groups -OCH3 is 1. The van der Waals surface area contributed by atoms with Gasteiger partial charge in [0, 0.05) is 24.2 Å². The Hall–Kier alpha value is -2.31. The van der Waals surface area contributed by atoms with Crippen LogP contribution in [0.3, 0.4) is 0 Å². The number of hydrogen-bond donors (Lipinski definition) is 2. The maximum Gasteiger partial charge on any atom is 0.404 e. The summed E-state index contributed by atoms with van der Waals surface area (Å²) in [5.74, 6) is 0.503. The molecule has 1 rings (SSSR count). The van der Waals surface area contributed by atoms with Gasteiger partial charge in [0.05, 0.1) is 12.0 Å². The lowest BCUT2D eigenvalue weighted by molar-refractivity contribution is -0.384. The molecule has 0 fully saturated rings. The number of nitro groups is 1. The van der Waals surface area contributed by atoms with Crippen molar-refractivity contribution >= 4 is 11.8 Å². The summed E-state index contributed by atoms with van der Waals surface area (Å²) >= 11 is 0. The highest BCUT2D eigenvalue weighted by Crippen LogP contribution is 2.24. The highest BCUT2D eigenvalue weighted by Gasteiger charge is 2.11. The van der Waals surface area contributed by atoms with Crippen LogP contribution in [-0.2, 0) is 6.42 Å². The van der Waals surface area contributed by atoms with Crippen LogP contribution in [0, 0.1) is 10.1 Å². The minimum Gasteiger partial charge on any atom is -0.496 e. The van der Waals surface area contributed by atoms with E-state index in [0.29, 0.717) is 17.7 Å². The molecule has 0 aliphatic heterocycles. The van der Waals surface area contributed by atoms with Gasteiger partial charge in [-0.15, -0.1) is 0 Å². The van der Waals surface area contributed by atoms with E-state index in [2.05, 4.69) is 5.32 Å². The summed E-state index contributed by atoms with van der Waals surface area (Å²) in [6.45, 7) is 0.173. The zero-order chi connectivity index (χ0) is 12.8. The number of rotatable bonds is 5. The van der Waals surface area contributed by atoms with E-state index in [9.17, 15) is 14.9 Å². The third-order valence-corrected chi connectivity index (χ3v) is 2.15. The van der Waals surface area contributed by atoms with E-state index in [1.54, 1.807) is 0 Å². The second-order valence-corrected chi connectivity index (χ2v) is 3.24. The summed E-state index contributed by atoms with van der Waals surface area (Å²) in [4.78, 5) is 20.4. The van der Waals surface area contributed by atoms with Crippen molar-refractivity contribution < 1.29 is 19.6 Å². The quantitative estimate of drug-likeness (QED) is 0.598. The Kier molecular flexibility index (Phi) is 4.27. The predicted octanol–water partition coefficient (Wildman–Crippen LogP) is 1.41. The van der Waals surface area contributed by atoms with Gasteiger partial charge in [0.25, 0.3) is 5.69 Å². The molecule has 0 atom stereocenters. The first-order chi connectivity index (χ1) is 8.04. The van der Waals surface area contributed by atoms with Crippen LogP contribution < -0.4 is 10.1 Å². The Balaban J connectivity index is 2.82. The van der Waals surface area contributed by atoms with Crippen molar-refractivity contribution in [2.75, 3.05) is 13.7 Å². The Bertz CT molecular complexity index is 433. The van der Waals surface area contributed by atoms with Crippen molar-refractivity contribution in [1.82, 2.24) is 5.32 Å². The second kappa shape index (κ2) is 5.69. The maximum absolute atomic E-state index is 10.6. The van der Waals surface area contributed by atoms with Crippen LogP contribution in [0.4, 0.5) is 10.5 Å². The Morgan fingerprint density at radius 3 is 2.82 bits per heavy atom. The Morgan fingerprint density at radius 1 is 1.59 bits per heavy atom. The zero-order valence-corrected chi connectivity index (χ0v) is 9.17. The van der Waals surface area contributed by atoms with Crippen LogP contribution >= 0.6 is 0 Å². The van der Waals surface area contributed by atoms with Crippen molar-refractivity contribution in [3.63, 3.8) is 0 Å². The summed E-state index contributed by atoms with van der Waals surface area (Å²) in [7, 11) is 1.45. The summed E-state index contributed by atoms with van der Waals surface area (Å²) in [5.41, 5.74) is 0.548. The van der Waals surface area contributed by atoms with Gasteiger partial charge in [-0.1, -0.05) is 0 Å². The smallest absolute Gasteiger partial charge is 0.404 e. The molecule has 2 N–H and O–H groups in total. The predicted molar refractivity (Wildman–Crippen MR) is 59.4 cm³/mol. The molecular formula is C10H12N2O5. The maximum atomic E-state index is 10.6. The highest BCUT2D eigenvalue weighted by molar-refractivity contribution is 5.64. The van der Waals surface area contributed by atoms with Gasteiger partial charge in [0.1, 0.15) is 5.75 Å². The fraction of sp³-hybridized carbons (Fsp3) is 0.300. The largest absolute Gasteiger partial charge is 0.496 e. The number of nitrogens with zero attached hydrogens (tertiary/aromatic N) is 1. The monoisotopic (exact) mass is 240 g/mol. The molecule has 7 nitrogen and oxygen atoms in total. The molecule has 0 spiro atoms. The van der Waals surface area contributed by atoms with E-state index in [0.717, 1.165) is 0 Å². The van der Waals surface area contributed by atoms with E-state index in [4.69, 9.17) is 9.84 Å². The first-order valence-corrected chi connectivity index (χ1v) is 4.82. The fourth-order valence-electron chi connectivity index (χ4n) is 1.38. The number of hydrogen-bond acceptors (Lipinski definition) is 4. The Morgan fingerprint density at radius 2 is 2.29 bits per heavy atom. The van der Waals surface area contributed by atoms with Crippen LogP contribution in [0.5, 0.6) is 5.75 Å².